The number of rotatable bonds is 8. The lowest BCUT2D eigenvalue weighted by Gasteiger charge is -2.09. The summed E-state index contributed by atoms with van der Waals surface area (Å²) >= 11 is 0. The van der Waals surface area contributed by atoms with E-state index in [-0.39, 0.29) is 13.2 Å². The molecule has 0 aromatic carbocycles. The normalized spacial score (nSPS) is 12.4. The van der Waals surface area contributed by atoms with E-state index in [2.05, 4.69) is 10.1 Å². The molecule has 92 valence electrons. The fraction of sp³-hybridized carbons (Fsp3) is 1.00. The van der Waals surface area contributed by atoms with E-state index in [1.807, 2.05) is 13.8 Å². The third kappa shape index (κ3) is 13.7. The zero-order valence-electron chi connectivity index (χ0n) is 9.06. The van der Waals surface area contributed by atoms with Crippen LogP contribution in [-0.4, -0.2) is 45.2 Å². The monoisotopic (exact) mass is 229 g/mol. The molecule has 0 heterocycles. The maximum atomic E-state index is 11.6. The van der Waals surface area contributed by atoms with Crippen LogP contribution in [-0.2, 0) is 9.47 Å². The summed E-state index contributed by atoms with van der Waals surface area (Å²) in [7, 11) is 0. The van der Waals surface area contributed by atoms with Crippen molar-refractivity contribution >= 4 is 0 Å². The van der Waals surface area contributed by atoms with Crippen LogP contribution in [0.5, 0.6) is 0 Å². The number of hydrogen-bond acceptors (Lipinski definition) is 3. The van der Waals surface area contributed by atoms with Crippen molar-refractivity contribution in [3.05, 3.63) is 0 Å². The van der Waals surface area contributed by atoms with Crippen LogP contribution in [0.1, 0.15) is 13.8 Å². The van der Waals surface area contributed by atoms with Crippen LogP contribution in [0.25, 0.3) is 0 Å². The van der Waals surface area contributed by atoms with Crippen molar-refractivity contribution in [3.8, 4) is 0 Å². The van der Waals surface area contributed by atoms with E-state index in [1.165, 1.54) is 0 Å². The standard InChI is InChI=1S/C9H18F3NO2/c1-8(2)13-3-4-14-5-6-15-7-9(10,11)12/h8,13H,3-7H2,1-2H3. The molecule has 0 aromatic rings. The summed E-state index contributed by atoms with van der Waals surface area (Å²) in [4.78, 5) is 0. The lowest BCUT2D eigenvalue weighted by Crippen LogP contribution is -2.27. The SMILES string of the molecule is CC(C)NCCOCCOCC(F)(F)F. The molecule has 0 aliphatic rings. The molecule has 0 unspecified atom stereocenters. The van der Waals surface area contributed by atoms with Gasteiger partial charge in [-0.1, -0.05) is 13.8 Å². The maximum Gasteiger partial charge on any atom is 0.411 e. The second-order valence-corrected chi connectivity index (χ2v) is 3.39. The van der Waals surface area contributed by atoms with Gasteiger partial charge in [0.15, 0.2) is 0 Å². The van der Waals surface area contributed by atoms with Gasteiger partial charge in [0.25, 0.3) is 0 Å². The van der Waals surface area contributed by atoms with Gasteiger partial charge in [-0.25, -0.2) is 0 Å². The first kappa shape index (κ1) is 14.7. The van der Waals surface area contributed by atoms with Gasteiger partial charge in [-0.05, 0) is 0 Å². The lowest BCUT2D eigenvalue weighted by molar-refractivity contribution is -0.176. The molecule has 0 saturated heterocycles. The molecule has 0 aromatic heterocycles. The summed E-state index contributed by atoms with van der Waals surface area (Å²) in [5.74, 6) is 0. The van der Waals surface area contributed by atoms with E-state index in [4.69, 9.17) is 4.74 Å². The molecule has 0 amide bonds. The zero-order valence-corrected chi connectivity index (χ0v) is 9.06. The molecule has 0 aliphatic heterocycles. The molecule has 0 radical (unpaired) electrons. The summed E-state index contributed by atoms with van der Waals surface area (Å²) in [6, 6.07) is 0.384. The van der Waals surface area contributed by atoms with E-state index < -0.39 is 12.8 Å². The van der Waals surface area contributed by atoms with Crippen molar-refractivity contribution in [2.45, 2.75) is 26.1 Å². The summed E-state index contributed by atoms with van der Waals surface area (Å²) in [6.07, 6.45) is -4.25. The van der Waals surface area contributed by atoms with Gasteiger partial charge in [-0.3, -0.25) is 0 Å². The Morgan fingerprint density at radius 3 is 2.20 bits per heavy atom. The Balaban J connectivity index is 3.06. The number of ether oxygens (including phenoxy) is 2. The number of nitrogens with one attached hydrogen (secondary N) is 1. The second-order valence-electron chi connectivity index (χ2n) is 3.39. The van der Waals surface area contributed by atoms with Crippen molar-refractivity contribution in [3.63, 3.8) is 0 Å². The van der Waals surface area contributed by atoms with Crippen LogP contribution >= 0.6 is 0 Å². The highest BCUT2D eigenvalue weighted by Gasteiger charge is 2.27. The lowest BCUT2D eigenvalue weighted by atomic mass is 10.4. The van der Waals surface area contributed by atoms with Crippen molar-refractivity contribution < 1.29 is 22.6 Å². The van der Waals surface area contributed by atoms with Crippen molar-refractivity contribution in [1.82, 2.24) is 5.32 Å². The Hall–Kier alpha value is -0.330. The number of hydrogen-bond donors (Lipinski definition) is 1. The topological polar surface area (TPSA) is 30.5 Å². The van der Waals surface area contributed by atoms with Crippen LogP contribution < -0.4 is 5.32 Å². The first-order valence-corrected chi connectivity index (χ1v) is 4.87. The molecule has 15 heavy (non-hydrogen) atoms. The minimum atomic E-state index is -4.25. The maximum absolute atomic E-state index is 11.6. The Morgan fingerprint density at radius 2 is 1.67 bits per heavy atom. The van der Waals surface area contributed by atoms with Gasteiger partial charge in [-0.2, -0.15) is 13.2 Å². The van der Waals surface area contributed by atoms with Gasteiger partial charge < -0.3 is 14.8 Å². The molecular formula is C9H18F3NO2. The Labute approximate surface area is 87.9 Å². The van der Waals surface area contributed by atoms with Gasteiger partial charge in [0, 0.05) is 12.6 Å². The Bertz CT molecular complexity index is 151. The Kier molecular flexibility index (Phi) is 7.72. The first-order valence-electron chi connectivity index (χ1n) is 4.87. The van der Waals surface area contributed by atoms with Crippen molar-refractivity contribution in [2.75, 3.05) is 33.0 Å². The molecular weight excluding hydrogens is 211 g/mol. The molecule has 0 atom stereocenters. The van der Waals surface area contributed by atoms with Gasteiger partial charge in [0.05, 0.1) is 19.8 Å². The zero-order chi connectivity index (χ0) is 11.7. The minimum Gasteiger partial charge on any atom is -0.378 e. The second kappa shape index (κ2) is 7.90. The molecule has 0 rings (SSSR count). The number of alkyl halides is 3. The molecule has 0 bridgehead atoms. The Morgan fingerprint density at radius 1 is 1.07 bits per heavy atom. The van der Waals surface area contributed by atoms with Gasteiger partial charge in [-0.15, -0.1) is 0 Å². The predicted molar refractivity (Wildman–Crippen MR) is 50.8 cm³/mol. The number of halogens is 3. The minimum absolute atomic E-state index is 0.0266. The highest BCUT2D eigenvalue weighted by Crippen LogP contribution is 2.13. The van der Waals surface area contributed by atoms with E-state index in [0.29, 0.717) is 19.2 Å². The van der Waals surface area contributed by atoms with Crippen LogP contribution in [0.3, 0.4) is 0 Å². The fourth-order valence-electron chi connectivity index (χ4n) is 0.828. The third-order valence-electron chi connectivity index (χ3n) is 1.44. The fourth-order valence-corrected chi connectivity index (χ4v) is 0.828. The molecule has 0 saturated carbocycles. The molecule has 0 spiro atoms. The van der Waals surface area contributed by atoms with Gasteiger partial charge in [0.2, 0.25) is 0 Å². The first-order chi connectivity index (χ1) is 6.92. The van der Waals surface area contributed by atoms with E-state index in [9.17, 15) is 13.2 Å². The van der Waals surface area contributed by atoms with Crippen LogP contribution in [0.2, 0.25) is 0 Å². The van der Waals surface area contributed by atoms with Crippen molar-refractivity contribution in [2.24, 2.45) is 0 Å². The average Bonchev–Trinajstić information content (AvgIpc) is 2.07. The average molecular weight is 229 g/mol. The van der Waals surface area contributed by atoms with Crippen LogP contribution in [0.4, 0.5) is 13.2 Å². The quantitative estimate of drug-likeness (QED) is 0.641. The molecule has 0 aliphatic carbocycles. The van der Waals surface area contributed by atoms with E-state index in [1.54, 1.807) is 0 Å². The molecule has 6 heteroatoms. The van der Waals surface area contributed by atoms with E-state index in [0.717, 1.165) is 0 Å². The van der Waals surface area contributed by atoms with E-state index >= 15 is 0 Å². The molecule has 1 N–H and O–H groups in total. The summed E-state index contributed by atoms with van der Waals surface area (Å²) < 4.78 is 44.2. The third-order valence-corrected chi connectivity index (χ3v) is 1.44. The highest BCUT2D eigenvalue weighted by molar-refractivity contribution is 4.51. The summed E-state index contributed by atoms with van der Waals surface area (Å²) in [5.41, 5.74) is 0. The molecule has 3 nitrogen and oxygen atoms in total. The highest BCUT2D eigenvalue weighted by atomic mass is 19.4. The van der Waals surface area contributed by atoms with Gasteiger partial charge in [0.1, 0.15) is 6.61 Å². The summed E-state index contributed by atoms with van der Waals surface area (Å²) in [6.45, 7) is 4.14. The van der Waals surface area contributed by atoms with Crippen molar-refractivity contribution in [1.29, 1.82) is 0 Å². The van der Waals surface area contributed by atoms with Gasteiger partial charge >= 0.3 is 6.18 Å². The van der Waals surface area contributed by atoms with Crippen LogP contribution in [0, 0.1) is 0 Å². The smallest absolute Gasteiger partial charge is 0.378 e. The largest absolute Gasteiger partial charge is 0.411 e. The molecule has 0 fully saturated rings. The predicted octanol–water partition coefficient (Wildman–Crippen LogP) is 1.58. The summed E-state index contributed by atoms with van der Waals surface area (Å²) in [5, 5.41) is 3.11. The van der Waals surface area contributed by atoms with Crippen LogP contribution in [0.15, 0.2) is 0 Å².